The van der Waals surface area contributed by atoms with Crippen LogP contribution in [0, 0.1) is 0 Å². The molecule has 0 spiro atoms. The molecule has 1 fully saturated rings. The van der Waals surface area contributed by atoms with Crippen molar-refractivity contribution >= 4 is 21.4 Å². The summed E-state index contributed by atoms with van der Waals surface area (Å²) < 4.78 is 34.0. The van der Waals surface area contributed by atoms with Crippen molar-refractivity contribution in [2.24, 2.45) is 0 Å². The smallest absolute Gasteiger partial charge is 0.264 e. The zero-order valence-electron chi connectivity index (χ0n) is 17.3. The van der Waals surface area contributed by atoms with Crippen LogP contribution in [0.5, 0.6) is 5.75 Å². The molecule has 0 atom stereocenters. The predicted octanol–water partition coefficient (Wildman–Crippen LogP) is 3.49. The van der Waals surface area contributed by atoms with E-state index in [2.05, 4.69) is 17.1 Å². The summed E-state index contributed by atoms with van der Waals surface area (Å²) >= 11 is 0. The van der Waals surface area contributed by atoms with Gasteiger partial charge >= 0.3 is 0 Å². The van der Waals surface area contributed by atoms with Gasteiger partial charge in [0.2, 0.25) is 0 Å². The number of nitrogens with one attached hydrogen (secondary N) is 1. The van der Waals surface area contributed by atoms with Crippen LogP contribution in [0.3, 0.4) is 0 Å². The summed E-state index contributed by atoms with van der Waals surface area (Å²) in [6, 6.07) is 14.3. The fourth-order valence-corrected chi connectivity index (χ4v) is 5.12. The maximum Gasteiger partial charge on any atom is 0.264 e. The molecule has 2 aromatic carbocycles. The molecule has 1 heterocycles. The van der Waals surface area contributed by atoms with E-state index in [-0.39, 0.29) is 0 Å². The predicted molar refractivity (Wildman–Crippen MR) is 119 cm³/mol. The molecular weight excluding hydrogens is 386 g/mol. The number of unbranched alkanes of at least 4 members (excludes halogenated alkanes) is 2. The molecule has 0 unspecified atom stereocenters. The zero-order valence-corrected chi connectivity index (χ0v) is 18.1. The Hall–Kier alpha value is -2.25. The van der Waals surface area contributed by atoms with E-state index in [9.17, 15) is 8.42 Å². The molecule has 0 radical (unpaired) electrons. The van der Waals surface area contributed by atoms with E-state index in [0.29, 0.717) is 17.1 Å². The number of piperazine rings is 1. The van der Waals surface area contributed by atoms with Crippen LogP contribution < -0.4 is 19.3 Å². The third-order valence-corrected chi connectivity index (χ3v) is 7.05. The third-order valence-electron chi connectivity index (χ3n) is 5.20. The topological polar surface area (TPSA) is 61.9 Å². The van der Waals surface area contributed by atoms with Gasteiger partial charge in [0.15, 0.2) is 0 Å². The number of hydrogen-bond acceptors (Lipinski definition) is 5. The van der Waals surface area contributed by atoms with Crippen molar-refractivity contribution in [1.29, 1.82) is 0 Å². The molecule has 7 heteroatoms. The summed E-state index contributed by atoms with van der Waals surface area (Å²) in [5.74, 6) is 0.765. The second-order valence-electron chi connectivity index (χ2n) is 7.19. The molecule has 6 nitrogen and oxygen atoms in total. The Morgan fingerprint density at radius 1 is 1.07 bits per heavy atom. The number of nitrogens with zero attached hydrogens (tertiary/aromatic N) is 2. The first-order valence-corrected chi connectivity index (χ1v) is 11.7. The highest BCUT2D eigenvalue weighted by Crippen LogP contribution is 2.35. The number of benzene rings is 2. The highest BCUT2D eigenvalue weighted by atomic mass is 32.2. The zero-order chi connectivity index (χ0) is 20.7. The minimum atomic E-state index is -3.64. The molecule has 2 aromatic rings. The van der Waals surface area contributed by atoms with Gasteiger partial charge in [-0.1, -0.05) is 38.0 Å². The number of sulfonamides is 1. The van der Waals surface area contributed by atoms with E-state index in [1.54, 1.807) is 35.7 Å². The Bertz CT molecular complexity index is 881. The molecule has 29 heavy (non-hydrogen) atoms. The quantitative estimate of drug-likeness (QED) is 0.633. The molecule has 1 saturated heterocycles. The average molecular weight is 418 g/mol. The molecule has 0 bridgehead atoms. The number of methoxy groups -OCH3 is 1. The van der Waals surface area contributed by atoms with Gasteiger partial charge in [0.05, 0.1) is 23.4 Å². The molecule has 0 aliphatic carbocycles. The largest absolute Gasteiger partial charge is 0.495 e. The summed E-state index contributed by atoms with van der Waals surface area (Å²) in [6.07, 6.45) is 2.84. The summed E-state index contributed by atoms with van der Waals surface area (Å²) in [5.41, 5.74) is 1.62. The van der Waals surface area contributed by atoms with Crippen molar-refractivity contribution in [2.45, 2.75) is 31.1 Å². The maximum absolute atomic E-state index is 13.4. The first-order valence-electron chi connectivity index (χ1n) is 10.3. The Morgan fingerprint density at radius 2 is 1.79 bits per heavy atom. The second kappa shape index (κ2) is 9.98. The fourth-order valence-electron chi connectivity index (χ4n) is 3.60. The van der Waals surface area contributed by atoms with Gasteiger partial charge in [-0.2, -0.15) is 0 Å². The lowest BCUT2D eigenvalue weighted by Crippen LogP contribution is -2.43. The van der Waals surface area contributed by atoms with Crippen molar-refractivity contribution in [3.05, 3.63) is 48.5 Å². The van der Waals surface area contributed by atoms with Crippen LogP contribution in [0.1, 0.15) is 26.2 Å². The van der Waals surface area contributed by atoms with Crippen LogP contribution in [0.25, 0.3) is 0 Å². The molecule has 1 aliphatic rings. The van der Waals surface area contributed by atoms with E-state index in [1.807, 2.05) is 24.3 Å². The minimum Gasteiger partial charge on any atom is -0.495 e. The molecule has 1 N–H and O–H groups in total. The van der Waals surface area contributed by atoms with Crippen LogP contribution in [-0.2, 0) is 10.0 Å². The Morgan fingerprint density at radius 3 is 2.45 bits per heavy atom. The number of rotatable bonds is 9. The van der Waals surface area contributed by atoms with Crippen LogP contribution >= 0.6 is 0 Å². The highest BCUT2D eigenvalue weighted by molar-refractivity contribution is 7.92. The van der Waals surface area contributed by atoms with E-state index >= 15 is 0 Å². The summed E-state index contributed by atoms with van der Waals surface area (Å²) in [5, 5.41) is 3.35. The van der Waals surface area contributed by atoms with Gasteiger partial charge in [-0.05, 0) is 36.8 Å². The minimum absolute atomic E-state index is 0.316. The molecule has 0 aromatic heterocycles. The van der Waals surface area contributed by atoms with Crippen molar-refractivity contribution in [3.8, 4) is 5.75 Å². The standard InChI is InChI=1S/C22H31N3O3S/c1-3-4-8-15-25(29(26,27)20-9-6-5-7-10-20)19-11-12-22(28-2)21(18-19)24-16-13-23-14-17-24/h5-7,9-12,18,23H,3-4,8,13-17H2,1-2H3. The Labute approximate surface area is 174 Å². The normalized spacial score (nSPS) is 14.6. The van der Waals surface area contributed by atoms with Crippen LogP contribution in [0.15, 0.2) is 53.4 Å². The number of hydrogen-bond donors (Lipinski definition) is 1. The summed E-state index contributed by atoms with van der Waals surface area (Å²) in [4.78, 5) is 2.56. The van der Waals surface area contributed by atoms with E-state index < -0.39 is 10.0 Å². The van der Waals surface area contributed by atoms with Gasteiger partial charge in [0, 0.05) is 32.7 Å². The van der Waals surface area contributed by atoms with Gasteiger partial charge in [0.25, 0.3) is 10.0 Å². The average Bonchev–Trinajstić information content (AvgIpc) is 2.77. The van der Waals surface area contributed by atoms with E-state index in [1.165, 1.54) is 0 Å². The van der Waals surface area contributed by atoms with Crippen molar-refractivity contribution in [2.75, 3.05) is 49.0 Å². The number of anilines is 2. The molecule has 1 aliphatic heterocycles. The molecule has 0 saturated carbocycles. The summed E-state index contributed by atoms with van der Waals surface area (Å²) in [6.45, 7) is 6.10. The SMILES string of the molecule is CCCCCN(c1ccc(OC)c(N2CCNCC2)c1)S(=O)(=O)c1ccccc1. The van der Waals surface area contributed by atoms with Crippen molar-refractivity contribution in [3.63, 3.8) is 0 Å². The van der Waals surface area contributed by atoms with E-state index in [0.717, 1.165) is 56.9 Å². The highest BCUT2D eigenvalue weighted by Gasteiger charge is 2.26. The van der Waals surface area contributed by atoms with Gasteiger partial charge in [0.1, 0.15) is 5.75 Å². The van der Waals surface area contributed by atoms with Gasteiger partial charge in [-0.3, -0.25) is 4.31 Å². The van der Waals surface area contributed by atoms with Gasteiger partial charge < -0.3 is 15.0 Å². The Balaban J connectivity index is 2.01. The lowest BCUT2D eigenvalue weighted by atomic mass is 10.2. The van der Waals surface area contributed by atoms with Crippen LogP contribution in [-0.4, -0.2) is 48.3 Å². The van der Waals surface area contributed by atoms with Crippen molar-refractivity contribution in [1.82, 2.24) is 5.32 Å². The van der Waals surface area contributed by atoms with Crippen molar-refractivity contribution < 1.29 is 13.2 Å². The van der Waals surface area contributed by atoms with Crippen LogP contribution in [0.2, 0.25) is 0 Å². The summed E-state index contributed by atoms with van der Waals surface area (Å²) in [7, 11) is -1.99. The Kier molecular flexibility index (Phi) is 7.39. The molecule has 3 rings (SSSR count). The first-order chi connectivity index (χ1) is 14.1. The van der Waals surface area contributed by atoms with E-state index in [4.69, 9.17) is 4.74 Å². The van der Waals surface area contributed by atoms with Gasteiger partial charge in [-0.25, -0.2) is 8.42 Å². The molecule has 0 amide bonds. The monoisotopic (exact) mass is 417 g/mol. The lowest BCUT2D eigenvalue weighted by Gasteiger charge is -2.32. The lowest BCUT2D eigenvalue weighted by molar-refractivity contribution is 0.413. The molecular formula is C22H31N3O3S. The van der Waals surface area contributed by atoms with Crippen LogP contribution in [0.4, 0.5) is 11.4 Å². The first kappa shape index (κ1) is 21.5. The molecule has 158 valence electrons. The van der Waals surface area contributed by atoms with Gasteiger partial charge in [-0.15, -0.1) is 0 Å². The fraction of sp³-hybridized carbons (Fsp3) is 0.455. The third kappa shape index (κ3) is 5.03. The second-order valence-corrected chi connectivity index (χ2v) is 9.05. The number of ether oxygens (including phenoxy) is 1. The maximum atomic E-state index is 13.4.